The van der Waals surface area contributed by atoms with E-state index in [0.717, 1.165) is 10.6 Å². The van der Waals surface area contributed by atoms with Gasteiger partial charge in [-0.3, -0.25) is 0 Å². The van der Waals surface area contributed by atoms with Crippen LogP contribution in [0.5, 0.6) is 5.75 Å². The molecule has 11 heavy (non-hydrogen) atoms. The van der Waals surface area contributed by atoms with E-state index in [2.05, 4.69) is 6.92 Å². The molecule has 1 N–H and O–H groups in total. The van der Waals surface area contributed by atoms with Gasteiger partial charge in [-0.25, -0.2) is 0 Å². The number of thioether (sulfide) groups is 1. The Bertz CT molecular complexity index is 223. The molecule has 0 aliphatic carbocycles. The minimum atomic E-state index is 0.353. The first-order valence-electron chi connectivity index (χ1n) is 3.74. The standard InChI is InChI=1S/C9H12OS/c1-2-6-11-9-5-3-4-8(10)7-9/h3-5,7,10H,2,6H2,1H3. The fraction of sp³-hybridized carbons (Fsp3) is 0.333. The highest BCUT2D eigenvalue weighted by Crippen LogP contribution is 2.22. The third-order valence-corrected chi connectivity index (χ3v) is 2.49. The molecule has 1 rings (SSSR count). The van der Waals surface area contributed by atoms with Gasteiger partial charge in [-0.1, -0.05) is 13.0 Å². The van der Waals surface area contributed by atoms with E-state index in [1.54, 1.807) is 23.9 Å². The summed E-state index contributed by atoms with van der Waals surface area (Å²) in [4.78, 5) is 1.15. The molecule has 0 amide bonds. The van der Waals surface area contributed by atoms with E-state index in [-0.39, 0.29) is 0 Å². The number of hydrogen-bond donors (Lipinski definition) is 1. The maximum absolute atomic E-state index is 9.10. The molecule has 2 heteroatoms. The first kappa shape index (κ1) is 8.47. The fourth-order valence-corrected chi connectivity index (χ4v) is 1.61. The van der Waals surface area contributed by atoms with Crippen molar-refractivity contribution >= 4 is 11.8 Å². The average molecular weight is 168 g/mol. The van der Waals surface area contributed by atoms with Gasteiger partial charge in [0.1, 0.15) is 5.75 Å². The summed E-state index contributed by atoms with van der Waals surface area (Å²) in [6, 6.07) is 7.36. The first-order chi connectivity index (χ1) is 5.33. The van der Waals surface area contributed by atoms with Gasteiger partial charge in [-0.15, -0.1) is 11.8 Å². The summed E-state index contributed by atoms with van der Waals surface area (Å²) in [6.07, 6.45) is 1.17. The van der Waals surface area contributed by atoms with Gasteiger partial charge in [0.15, 0.2) is 0 Å². The SMILES string of the molecule is CCCSc1cccc(O)c1. The molecular formula is C9H12OS. The fourth-order valence-electron chi connectivity index (χ4n) is 0.793. The van der Waals surface area contributed by atoms with Crippen LogP contribution in [0.1, 0.15) is 13.3 Å². The topological polar surface area (TPSA) is 20.2 Å². The molecule has 0 atom stereocenters. The largest absolute Gasteiger partial charge is 0.508 e. The van der Waals surface area contributed by atoms with Crippen molar-refractivity contribution in [1.29, 1.82) is 0 Å². The summed E-state index contributed by atoms with van der Waals surface area (Å²) in [5.74, 6) is 1.47. The Hall–Kier alpha value is -0.630. The molecule has 0 spiro atoms. The van der Waals surface area contributed by atoms with Crippen LogP contribution in [0.3, 0.4) is 0 Å². The molecule has 0 heterocycles. The molecule has 0 saturated carbocycles. The van der Waals surface area contributed by atoms with Crippen LogP contribution >= 0.6 is 11.8 Å². The molecule has 0 saturated heterocycles. The molecular weight excluding hydrogens is 156 g/mol. The molecule has 0 fully saturated rings. The van der Waals surface area contributed by atoms with Crippen LogP contribution in [-0.4, -0.2) is 10.9 Å². The quantitative estimate of drug-likeness (QED) is 0.700. The highest BCUT2D eigenvalue weighted by Gasteiger charge is 1.92. The molecule has 0 unspecified atom stereocenters. The van der Waals surface area contributed by atoms with Crippen molar-refractivity contribution in [2.45, 2.75) is 18.2 Å². The van der Waals surface area contributed by atoms with Gasteiger partial charge in [-0.05, 0) is 30.4 Å². The molecule has 0 aliphatic heterocycles. The number of phenols is 1. The second-order valence-electron chi connectivity index (χ2n) is 2.35. The van der Waals surface area contributed by atoms with Gasteiger partial charge in [0.2, 0.25) is 0 Å². The van der Waals surface area contributed by atoms with Gasteiger partial charge < -0.3 is 5.11 Å². The molecule has 0 aromatic heterocycles. The van der Waals surface area contributed by atoms with Crippen molar-refractivity contribution in [2.24, 2.45) is 0 Å². The summed E-state index contributed by atoms with van der Waals surface area (Å²) in [5, 5.41) is 9.10. The Morgan fingerprint density at radius 1 is 1.45 bits per heavy atom. The van der Waals surface area contributed by atoms with Crippen molar-refractivity contribution in [3.8, 4) is 5.75 Å². The van der Waals surface area contributed by atoms with Gasteiger partial charge >= 0.3 is 0 Å². The third-order valence-electron chi connectivity index (χ3n) is 1.29. The predicted octanol–water partition coefficient (Wildman–Crippen LogP) is 2.89. The smallest absolute Gasteiger partial charge is 0.116 e. The van der Waals surface area contributed by atoms with Crippen molar-refractivity contribution in [1.82, 2.24) is 0 Å². The number of hydrogen-bond acceptors (Lipinski definition) is 2. The average Bonchev–Trinajstić information content (AvgIpc) is 2.01. The van der Waals surface area contributed by atoms with Crippen molar-refractivity contribution in [2.75, 3.05) is 5.75 Å². The number of aromatic hydroxyl groups is 1. The van der Waals surface area contributed by atoms with E-state index in [1.165, 1.54) is 6.42 Å². The second kappa shape index (κ2) is 4.29. The summed E-state index contributed by atoms with van der Waals surface area (Å²) < 4.78 is 0. The van der Waals surface area contributed by atoms with Crippen molar-refractivity contribution < 1.29 is 5.11 Å². The molecule has 60 valence electrons. The van der Waals surface area contributed by atoms with Crippen LogP contribution in [0.4, 0.5) is 0 Å². The minimum Gasteiger partial charge on any atom is -0.508 e. The van der Waals surface area contributed by atoms with Crippen LogP contribution < -0.4 is 0 Å². The third kappa shape index (κ3) is 2.85. The maximum atomic E-state index is 9.10. The lowest BCUT2D eigenvalue weighted by molar-refractivity contribution is 0.474. The summed E-state index contributed by atoms with van der Waals surface area (Å²) in [7, 11) is 0. The summed E-state index contributed by atoms with van der Waals surface area (Å²) in [5.41, 5.74) is 0. The first-order valence-corrected chi connectivity index (χ1v) is 4.73. The number of rotatable bonds is 3. The van der Waals surface area contributed by atoms with E-state index >= 15 is 0 Å². The Kier molecular flexibility index (Phi) is 3.30. The van der Waals surface area contributed by atoms with Crippen LogP contribution in [0.2, 0.25) is 0 Å². The van der Waals surface area contributed by atoms with Crippen molar-refractivity contribution in [3.63, 3.8) is 0 Å². The van der Waals surface area contributed by atoms with Crippen LogP contribution in [0.25, 0.3) is 0 Å². The molecule has 1 nitrogen and oxygen atoms in total. The van der Waals surface area contributed by atoms with Crippen LogP contribution in [0, 0.1) is 0 Å². The van der Waals surface area contributed by atoms with Gasteiger partial charge in [0.05, 0.1) is 0 Å². The highest BCUT2D eigenvalue weighted by atomic mass is 32.2. The van der Waals surface area contributed by atoms with Crippen molar-refractivity contribution in [3.05, 3.63) is 24.3 Å². The maximum Gasteiger partial charge on any atom is 0.116 e. The predicted molar refractivity (Wildman–Crippen MR) is 49.1 cm³/mol. The normalized spacial score (nSPS) is 9.91. The lowest BCUT2D eigenvalue weighted by Gasteiger charge is -1.98. The molecule has 1 aromatic rings. The Morgan fingerprint density at radius 3 is 2.91 bits per heavy atom. The molecule has 0 radical (unpaired) electrons. The van der Waals surface area contributed by atoms with E-state index in [4.69, 9.17) is 5.11 Å². The number of benzene rings is 1. The number of phenolic OH excluding ortho intramolecular Hbond substituents is 1. The van der Waals surface area contributed by atoms with Crippen LogP contribution in [-0.2, 0) is 0 Å². The lowest BCUT2D eigenvalue weighted by Crippen LogP contribution is -1.74. The van der Waals surface area contributed by atoms with Gasteiger partial charge in [0.25, 0.3) is 0 Å². The summed E-state index contributed by atoms with van der Waals surface area (Å²) in [6.45, 7) is 2.15. The second-order valence-corrected chi connectivity index (χ2v) is 3.51. The Labute approximate surface area is 71.4 Å². The molecule has 0 aliphatic rings. The van der Waals surface area contributed by atoms with Crippen LogP contribution in [0.15, 0.2) is 29.2 Å². The zero-order chi connectivity index (χ0) is 8.10. The van der Waals surface area contributed by atoms with E-state index in [0.29, 0.717) is 5.75 Å². The highest BCUT2D eigenvalue weighted by molar-refractivity contribution is 7.99. The molecule has 0 bridgehead atoms. The Balaban J connectivity index is 2.56. The zero-order valence-corrected chi connectivity index (χ0v) is 7.40. The van der Waals surface area contributed by atoms with E-state index in [1.807, 2.05) is 12.1 Å². The van der Waals surface area contributed by atoms with E-state index < -0.39 is 0 Å². The minimum absolute atomic E-state index is 0.353. The van der Waals surface area contributed by atoms with E-state index in [9.17, 15) is 0 Å². The monoisotopic (exact) mass is 168 g/mol. The summed E-state index contributed by atoms with van der Waals surface area (Å²) >= 11 is 1.77. The van der Waals surface area contributed by atoms with Gasteiger partial charge in [-0.2, -0.15) is 0 Å². The molecule has 1 aromatic carbocycles. The Morgan fingerprint density at radius 2 is 2.27 bits per heavy atom. The lowest BCUT2D eigenvalue weighted by atomic mass is 10.3. The zero-order valence-electron chi connectivity index (χ0n) is 6.58. The van der Waals surface area contributed by atoms with Gasteiger partial charge in [0, 0.05) is 4.90 Å².